The molecule has 2 rings (SSSR count). The van der Waals surface area contributed by atoms with Crippen molar-refractivity contribution in [2.45, 2.75) is 103 Å². The SMILES string of the molecule is CC(C)[C@H]1CC(=O)N[C@H](C)CC(=O)NC(C)(C)C(=O)N[C@H](C2CCCCC2)C(=O)N1. The number of carbonyl (C=O) groups is 4. The average molecular weight is 423 g/mol. The number of hydrogen-bond acceptors (Lipinski definition) is 4. The molecule has 0 unspecified atom stereocenters. The predicted molar refractivity (Wildman–Crippen MR) is 114 cm³/mol. The lowest BCUT2D eigenvalue weighted by Crippen LogP contribution is -2.62. The summed E-state index contributed by atoms with van der Waals surface area (Å²) in [5, 5.41) is 11.5. The van der Waals surface area contributed by atoms with Crippen LogP contribution in [0.25, 0.3) is 0 Å². The van der Waals surface area contributed by atoms with Gasteiger partial charge in [0.1, 0.15) is 11.6 Å². The Bertz CT molecular complexity index is 656. The Hall–Kier alpha value is -2.12. The van der Waals surface area contributed by atoms with E-state index < -0.39 is 11.6 Å². The maximum Gasteiger partial charge on any atom is 0.245 e. The van der Waals surface area contributed by atoms with Crippen LogP contribution < -0.4 is 21.3 Å². The third-order valence-electron chi connectivity index (χ3n) is 6.15. The summed E-state index contributed by atoms with van der Waals surface area (Å²) in [7, 11) is 0. The number of carbonyl (C=O) groups excluding carboxylic acids is 4. The second kappa shape index (κ2) is 10.3. The van der Waals surface area contributed by atoms with Gasteiger partial charge in [0.2, 0.25) is 23.6 Å². The monoisotopic (exact) mass is 422 g/mol. The highest BCUT2D eigenvalue weighted by Gasteiger charge is 2.38. The molecule has 30 heavy (non-hydrogen) atoms. The van der Waals surface area contributed by atoms with Gasteiger partial charge in [0.05, 0.1) is 0 Å². The van der Waals surface area contributed by atoms with Gasteiger partial charge in [-0.1, -0.05) is 33.1 Å². The summed E-state index contributed by atoms with van der Waals surface area (Å²) in [6.07, 6.45) is 5.13. The van der Waals surface area contributed by atoms with Crippen molar-refractivity contribution in [3.63, 3.8) is 0 Å². The van der Waals surface area contributed by atoms with E-state index in [0.717, 1.165) is 32.1 Å². The van der Waals surface area contributed by atoms with Crippen LogP contribution in [0.5, 0.6) is 0 Å². The van der Waals surface area contributed by atoms with E-state index in [0.29, 0.717) is 0 Å². The zero-order chi connectivity index (χ0) is 22.5. The van der Waals surface area contributed by atoms with E-state index in [1.165, 1.54) is 0 Å². The van der Waals surface area contributed by atoms with Crippen molar-refractivity contribution in [1.82, 2.24) is 21.3 Å². The maximum atomic E-state index is 13.2. The van der Waals surface area contributed by atoms with Gasteiger partial charge in [0.15, 0.2) is 0 Å². The van der Waals surface area contributed by atoms with Gasteiger partial charge in [0.25, 0.3) is 0 Å². The highest BCUT2D eigenvalue weighted by Crippen LogP contribution is 2.27. The Kier molecular flexibility index (Phi) is 8.26. The molecular weight excluding hydrogens is 384 g/mol. The summed E-state index contributed by atoms with van der Waals surface area (Å²) >= 11 is 0. The van der Waals surface area contributed by atoms with Crippen LogP contribution in [0.1, 0.15) is 79.6 Å². The van der Waals surface area contributed by atoms with Gasteiger partial charge in [0, 0.05) is 24.9 Å². The van der Waals surface area contributed by atoms with Gasteiger partial charge in [-0.05, 0) is 45.4 Å². The minimum absolute atomic E-state index is 0.0452. The molecule has 1 heterocycles. The van der Waals surface area contributed by atoms with Gasteiger partial charge < -0.3 is 21.3 Å². The molecule has 0 spiro atoms. The molecule has 170 valence electrons. The van der Waals surface area contributed by atoms with E-state index >= 15 is 0 Å². The van der Waals surface area contributed by atoms with Crippen LogP contribution >= 0.6 is 0 Å². The lowest BCUT2D eigenvalue weighted by molar-refractivity contribution is -0.136. The van der Waals surface area contributed by atoms with Gasteiger partial charge in [-0.2, -0.15) is 0 Å². The van der Waals surface area contributed by atoms with E-state index in [1.807, 2.05) is 13.8 Å². The molecule has 1 saturated heterocycles. The summed E-state index contributed by atoms with van der Waals surface area (Å²) in [5.41, 5.74) is -1.17. The standard InChI is InChI=1S/C22H38N4O4/c1-13(2)16-12-17(27)23-14(3)11-18(28)26-22(4,5)21(30)25-19(20(29)24-16)15-9-7-6-8-10-15/h13-16,19H,6-12H2,1-5H3,(H,23,27)(H,24,29)(H,25,30)(H,26,28)/t14-,16-,19-/m1/s1. The lowest BCUT2D eigenvalue weighted by atomic mass is 9.82. The zero-order valence-corrected chi connectivity index (χ0v) is 19.0. The molecule has 3 atom stereocenters. The number of amides is 4. The molecule has 0 aromatic rings. The molecule has 2 aliphatic rings. The second-order valence-electron chi connectivity index (χ2n) is 9.76. The van der Waals surface area contributed by atoms with Crippen LogP contribution in [0.3, 0.4) is 0 Å². The van der Waals surface area contributed by atoms with Crippen LogP contribution in [0.15, 0.2) is 0 Å². The normalized spacial score (nSPS) is 30.0. The summed E-state index contributed by atoms with van der Waals surface area (Å²) in [6, 6.07) is -1.41. The molecule has 1 aliphatic heterocycles. The predicted octanol–water partition coefficient (Wildman–Crippen LogP) is 1.39. The lowest BCUT2D eigenvalue weighted by Gasteiger charge is -2.35. The molecule has 8 heteroatoms. The van der Waals surface area contributed by atoms with Gasteiger partial charge in [-0.25, -0.2) is 0 Å². The fourth-order valence-electron chi connectivity index (χ4n) is 4.23. The Morgan fingerprint density at radius 1 is 0.867 bits per heavy atom. The molecular formula is C22H38N4O4. The minimum atomic E-state index is -1.17. The van der Waals surface area contributed by atoms with Gasteiger partial charge in [-0.3, -0.25) is 19.2 Å². The first-order valence-electron chi connectivity index (χ1n) is 11.2. The van der Waals surface area contributed by atoms with Crippen molar-refractivity contribution in [2.75, 3.05) is 0 Å². The smallest absolute Gasteiger partial charge is 0.245 e. The zero-order valence-electron chi connectivity index (χ0n) is 19.0. The Morgan fingerprint density at radius 3 is 2.10 bits per heavy atom. The third-order valence-corrected chi connectivity index (χ3v) is 6.15. The van der Waals surface area contributed by atoms with Crippen molar-refractivity contribution < 1.29 is 19.2 Å². The third kappa shape index (κ3) is 6.71. The molecule has 8 nitrogen and oxygen atoms in total. The van der Waals surface area contributed by atoms with Gasteiger partial charge >= 0.3 is 0 Å². The Balaban J connectivity index is 2.32. The van der Waals surface area contributed by atoms with E-state index in [2.05, 4.69) is 21.3 Å². The number of nitrogens with one attached hydrogen (secondary N) is 4. The van der Waals surface area contributed by atoms with Gasteiger partial charge in [-0.15, -0.1) is 0 Å². The molecule has 2 fully saturated rings. The minimum Gasteiger partial charge on any atom is -0.353 e. The summed E-state index contributed by atoms with van der Waals surface area (Å²) in [5.74, 6) is -1.07. The highest BCUT2D eigenvalue weighted by molar-refractivity contribution is 5.95. The summed E-state index contributed by atoms with van der Waals surface area (Å²) in [4.78, 5) is 51.2. The van der Waals surface area contributed by atoms with Crippen molar-refractivity contribution in [2.24, 2.45) is 11.8 Å². The van der Waals surface area contributed by atoms with Crippen LogP contribution in [0.2, 0.25) is 0 Å². The quantitative estimate of drug-likeness (QED) is 0.538. The number of hydrogen-bond donors (Lipinski definition) is 4. The molecule has 4 amide bonds. The average Bonchev–Trinajstić information content (AvgIpc) is 2.64. The Morgan fingerprint density at radius 2 is 1.50 bits per heavy atom. The maximum absolute atomic E-state index is 13.2. The Labute approximate surface area is 179 Å². The van der Waals surface area contributed by atoms with E-state index in [9.17, 15) is 19.2 Å². The molecule has 1 saturated carbocycles. The topological polar surface area (TPSA) is 116 Å². The molecule has 0 radical (unpaired) electrons. The molecule has 1 aliphatic carbocycles. The molecule has 0 bridgehead atoms. The second-order valence-corrected chi connectivity index (χ2v) is 9.76. The molecule has 0 aromatic heterocycles. The van der Waals surface area contributed by atoms with E-state index in [4.69, 9.17) is 0 Å². The first kappa shape index (κ1) is 24.2. The first-order valence-corrected chi connectivity index (χ1v) is 11.2. The summed E-state index contributed by atoms with van der Waals surface area (Å²) in [6.45, 7) is 8.91. The summed E-state index contributed by atoms with van der Waals surface area (Å²) < 4.78 is 0. The fraction of sp³-hybridized carbons (Fsp3) is 0.818. The number of rotatable bonds is 2. The molecule has 4 N–H and O–H groups in total. The van der Waals surface area contributed by atoms with Crippen LogP contribution in [0, 0.1) is 11.8 Å². The van der Waals surface area contributed by atoms with Crippen LogP contribution in [0.4, 0.5) is 0 Å². The van der Waals surface area contributed by atoms with Crippen LogP contribution in [-0.2, 0) is 19.2 Å². The largest absolute Gasteiger partial charge is 0.353 e. The van der Waals surface area contributed by atoms with E-state index in [-0.39, 0.29) is 60.4 Å². The first-order chi connectivity index (χ1) is 14.0. The molecule has 0 aromatic carbocycles. The van der Waals surface area contributed by atoms with Crippen molar-refractivity contribution >= 4 is 23.6 Å². The van der Waals surface area contributed by atoms with Crippen molar-refractivity contribution in [1.29, 1.82) is 0 Å². The highest BCUT2D eigenvalue weighted by atomic mass is 16.2. The van der Waals surface area contributed by atoms with E-state index in [1.54, 1.807) is 20.8 Å². The van der Waals surface area contributed by atoms with Crippen LogP contribution in [-0.4, -0.2) is 47.3 Å². The fourth-order valence-corrected chi connectivity index (χ4v) is 4.23. The van der Waals surface area contributed by atoms with Crippen molar-refractivity contribution in [3.8, 4) is 0 Å². The van der Waals surface area contributed by atoms with Crippen molar-refractivity contribution in [3.05, 3.63) is 0 Å².